The molecule has 0 saturated carbocycles. The molecule has 0 radical (unpaired) electrons. The topological polar surface area (TPSA) is 105 Å². The number of ether oxygens (including phenoxy) is 1. The third-order valence-electron chi connectivity index (χ3n) is 3.23. The van der Waals surface area contributed by atoms with Gasteiger partial charge in [0.15, 0.2) is 0 Å². The summed E-state index contributed by atoms with van der Waals surface area (Å²) in [6.45, 7) is 5.56. The maximum absolute atomic E-state index is 11.8. The predicted molar refractivity (Wildman–Crippen MR) is 93.4 cm³/mol. The molecule has 3 N–H and O–H groups in total. The number of amides is 2. The molecule has 0 aliphatic carbocycles. The summed E-state index contributed by atoms with van der Waals surface area (Å²) in [7, 11) is 0. The largest absolute Gasteiger partial charge is 0.480 e. The highest BCUT2D eigenvalue weighted by Crippen LogP contribution is 2.08. The number of alkyl carbamates (subject to hydrolysis) is 1. The Hall–Kier alpha value is -2.57. The van der Waals surface area contributed by atoms with Crippen LogP contribution in [0.3, 0.4) is 0 Å². The Bertz CT molecular complexity index is 581. The first kappa shape index (κ1) is 20.5. The average molecular weight is 351 g/mol. The summed E-state index contributed by atoms with van der Waals surface area (Å²) in [6.07, 6.45) is 0.660. The molecule has 0 aliphatic rings. The maximum atomic E-state index is 11.8. The van der Waals surface area contributed by atoms with Gasteiger partial charge in [0.25, 0.3) is 5.91 Å². The highest BCUT2D eigenvalue weighted by Gasteiger charge is 2.23. The number of rotatable bonds is 8. The van der Waals surface area contributed by atoms with Crippen LogP contribution in [-0.2, 0) is 9.53 Å². The van der Waals surface area contributed by atoms with E-state index < -0.39 is 23.7 Å². The summed E-state index contributed by atoms with van der Waals surface area (Å²) in [6, 6.07) is 7.84. The molecule has 1 aromatic rings. The first-order chi connectivity index (χ1) is 11.7. The van der Waals surface area contributed by atoms with Gasteiger partial charge in [0.2, 0.25) is 0 Å². The molecule has 0 aliphatic heterocycles. The van der Waals surface area contributed by atoms with Crippen molar-refractivity contribution in [2.45, 2.75) is 51.7 Å². The molecule has 1 aromatic carbocycles. The Kier molecular flexibility index (Phi) is 7.91. The lowest BCUT2D eigenvalue weighted by atomic mass is 10.1. The van der Waals surface area contributed by atoms with Crippen LogP contribution in [-0.4, -0.2) is 41.3 Å². The summed E-state index contributed by atoms with van der Waals surface area (Å²) in [5.41, 5.74) is -0.105. The fraction of sp³-hybridized carbons (Fsp3) is 0.500. The third kappa shape index (κ3) is 8.74. The van der Waals surface area contributed by atoms with E-state index in [9.17, 15) is 19.5 Å². The van der Waals surface area contributed by atoms with Crippen molar-refractivity contribution >= 4 is 18.0 Å². The van der Waals surface area contributed by atoms with Crippen LogP contribution in [0.4, 0.5) is 4.79 Å². The van der Waals surface area contributed by atoms with Gasteiger partial charge in [-0.25, -0.2) is 9.59 Å². The minimum absolute atomic E-state index is 0.165. The van der Waals surface area contributed by atoms with Crippen LogP contribution in [0.2, 0.25) is 0 Å². The van der Waals surface area contributed by atoms with Crippen LogP contribution in [0.25, 0.3) is 0 Å². The molecule has 0 saturated heterocycles. The van der Waals surface area contributed by atoms with Gasteiger partial charge < -0.3 is 20.5 Å². The third-order valence-corrected chi connectivity index (χ3v) is 3.23. The fourth-order valence-electron chi connectivity index (χ4n) is 2.07. The smallest absolute Gasteiger partial charge is 0.408 e. The van der Waals surface area contributed by atoms with Gasteiger partial charge >= 0.3 is 12.1 Å². The number of carboxylic acid groups (broad SMARTS) is 1. The molecule has 1 unspecified atom stereocenters. The number of carboxylic acids is 1. The van der Waals surface area contributed by atoms with E-state index in [2.05, 4.69) is 10.6 Å². The van der Waals surface area contributed by atoms with Gasteiger partial charge in [-0.05, 0) is 52.2 Å². The predicted octanol–water partition coefficient (Wildman–Crippen LogP) is 2.56. The second-order valence-electron chi connectivity index (χ2n) is 6.65. The van der Waals surface area contributed by atoms with E-state index in [1.807, 2.05) is 6.07 Å². The molecule has 25 heavy (non-hydrogen) atoms. The molecule has 7 nitrogen and oxygen atoms in total. The van der Waals surface area contributed by atoms with E-state index in [1.165, 1.54) is 0 Å². The van der Waals surface area contributed by atoms with Crippen LogP contribution in [0, 0.1) is 0 Å². The minimum atomic E-state index is -1.11. The highest BCUT2D eigenvalue weighted by atomic mass is 16.6. The van der Waals surface area contributed by atoms with Crippen molar-refractivity contribution in [3.05, 3.63) is 35.9 Å². The fourth-order valence-corrected chi connectivity index (χ4v) is 2.07. The SMILES string of the molecule is CC(C)(C)OC(=O)NC(CCCCNC(=O)c1ccccc1)[13C](=O)O. The van der Waals surface area contributed by atoms with Crippen molar-refractivity contribution in [2.24, 2.45) is 0 Å². The van der Waals surface area contributed by atoms with E-state index in [1.54, 1.807) is 45.0 Å². The molecule has 138 valence electrons. The second kappa shape index (κ2) is 9.66. The van der Waals surface area contributed by atoms with Crippen molar-refractivity contribution in [1.29, 1.82) is 0 Å². The summed E-state index contributed by atoms with van der Waals surface area (Å²) in [5, 5.41) is 14.3. The Morgan fingerprint density at radius 1 is 1.12 bits per heavy atom. The first-order valence-corrected chi connectivity index (χ1v) is 8.24. The van der Waals surface area contributed by atoms with Crippen molar-refractivity contribution in [1.82, 2.24) is 10.6 Å². The molecule has 0 aromatic heterocycles. The molecule has 7 heteroatoms. The standard InChI is InChI=1S/C18H26N2O5/c1-18(2,3)25-17(24)20-14(16(22)23)11-7-8-12-19-15(21)13-9-5-4-6-10-13/h4-6,9-10,14H,7-8,11-12H2,1-3H3,(H,19,21)(H,20,24)(H,22,23)/i16+1. The normalized spacial score (nSPS) is 12.1. The lowest BCUT2D eigenvalue weighted by Crippen LogP contribution is -2.43. The lowest BCUT2D eigenvalue weighted by Gasteiger charge is -2.22. The Labute approximate surface area is 147 Å². The first-order valence-electron chi connectivity index (χ1n) is 8.24. The van der Waals surface area contributed by atoms with E-state index in [4.69, 9.17) is 4.74 Å². The molecule has 2 amide bonds. The van der Waals surface area contributed by atoms with Crippen molar-refractivity contribution in [3.63, 3.8) is 0 Å². The maximum Gasteiger partial charge on any atom is 0.408 e. The Morgan fingerprint density at radius 2 is 1.76 bits per heavy atom. The molecule has 1 rings (SSSR count). The summed E-state index contributed by atoms with van der Waals surface area (Å²) >= 11 is 0. The van der Waals surface area contributed by atoms with E-state index in [0.717, 1.165) is 0 Å². The van der Waals surface area contributed by atoms with E-state index >= 15 is 0 Å². The number of carbonyl (C=O) groups is 3. The number of hydrogen-bond donors (Lipinski definition) is 3. The van der Waals surface area contributed by atoms with Crippen molar-refractivity contribution < 1.29 is 24.2 Å². The molecule has 0 fully saturated rings. The number of unbranched alkanes of at least 4 members (excludes halogenated alkanes) is 1. The van der Waals surface area contributed by atoms with Gasteiger partial charge in [-0.1, -0.05) is 18.2 Å². The molecule has 0 bridgehead atoms. The number of hydrogen-bond acceptors (Lipinski definition) is 4. The van der Waals surface area contributed by atoms with Crippen LogP contribution < -0.4 is 10.6 Å². The van der Waals surface area contributed by atoms with Crippen LogP contribution >= 0.6 is 0 Å². The lowest BCUT2D eigenvalue weighted by molar-refractivity contribution is -0.139. The van der Waals surface area contributed by atoms with Crippen molar-refractivity contribution in [3.8, 4) is 0 Å². The summed E-state index contributed by atoms with van der Waals surface area (Å²) in [5.74, 6) is -1.28. The molecule has 1 atom stereocenters. The number of carbonyl (C=O) groups excluding carboxylic acids is 2. The highest BCUT2D eigenvalue weighted by molar-refractivity contribution is 5.94. The quantitative estimate of drug-likeness (QED) is 0.493. The van der Waals surface area contributed by atoms with Crippen LogP contribution in [0.5, 0.6) is 0 Å². The van der Waals surface area contributed by atoms with Gasteiger partial charge in [-0.3, -0.25) is 4.79 Å². The monoisotopic (exact) mass is 351 g/mol. The second-order valence-corrected chi connectivity index (χ2v) is 6.65. The molecular formula is C18H26N2O5. The van der Waals surface area contributed by atoms with Crippen molar-refractivity contribution in [2.75, 3.05) is 6.54 Å². The molecule has 0 heterocycles. The number of nitrogens with one attached hydrogen (secondary N) is 2. The van der Waals surface area contributed by atoms with Gasteiger partial charge in [0.05, 0.1) is 0 Å². The van der Waals surface area contributed by atoms with Crippen LogP contribution in [0.1, 0.15) is 50.4 Å². The van der Waals surface area contributed by atoms with Crippen LogP contribution in [0.15, 0.2) is 30.3 Å². The van der Waals surface area contributed by atoms with Gasteiger partial charge in [-0.15, -0.1) is 0 Å². The van der Waals surface area contributed by atoms with Gasteiger partial charge in [0, 0.05) is 12.1 Å². The van der Waals surface area contributed by atoms with E-state index in [0.29, 0.717) is 24.9 Å². The number of aliphatic carboxylic acids is 1. The Balaban J connectivity index is 2.30. The molecule has 0 spiro atoms. The number of benzene rings is 1. The van der Waals surface area contributed by atoms with E-state index in [-0.39, 0.29) is 12.3 Å². The zero-order valence-corrected chi connectivity index (χ0v) is 14.9. The summed E-state index contributed by atoms with van der Waals surface area (Å²) < 4.78 is 5.06. The van der Waals surface area contributed by atoms with Gasteiger partial charge in [-0.2, -0.15) is 0 Å². The average Bonchev–Trinajstić information content (AvgIpc) is 2.52. The minimum Gasteiger partial charge on any atom is -0.480 e. The zero-order valence-electron chi connectivity index (χ0n) is 14.9. The Morgan fingerprint density at radius 3 is 2.32 bits per heavy atom. The zero-order chi connectivity index (χ0) is 18.9. The van der Waals surface area contributed by atoms with Gasteiger partial charge in [0.1, 0.15) is 11.6 Å². The molecular weight excluding hydrogens is 325 g/mol. The summed E-state index contributed by atoms with van der Waals surface area (Å²) in [4.78, 5) is 34.7.